The summed E-state index contributed by atoms with van der Waals surface area (Å²) in [6.45, 7) is 6.61. The molecule has 0 spiro atoms. The highest BCUT2D eigenvalue weighted by molar-refractivity contribution is 7.20. The van der Waals surface area contributed by atoms with Crippen LogP contribution in [-0.4, -0.2) is 41.2 Å². The van der Waals surface area contributed by atoms with Crippen molar-refractivity contribution in [2.45, 2.75) is 38.8 Å². The summed E-state index contributed by atoms with van der Waals surface area (Å²) in [6.07, 6.45) is 2.34. The number of rotatable bonds is 4. The van der Waals surface area contributed by atoms with Crippen molar-refractivity contribution in [3.05, 3.63) is 29.1 Å². The van der Waals surface area contributed by atoms with Crippen LogP contribution in [0.15, 0.2) is 24.3 Å². The van der Waals surface area contributed by atoms with Gasteiger partial charge in [-0.2, -0.15) is 0 Å². The number of thiophene rings is 1. The highest BCUT2D eigenvalue weighted by atomic mass is 32.1. The van der Waals surface area contributed by atoms with Crippen LogP contribution in [0.5, 0.6) is 5.75 Å². The summed E-state index contributed by atoms with van der Waals surface area (Å²) in [5, 5.41) is 10.0. The van der Waals surface area contributed by atoms with Gasteiger partial charge in [0.25, 0.3) is 0 Å². The van der Waals surface area contributed by atoms with Gasteiger partial charge in [-0.15, -0.1) is 11.3 Å². The second kappa shape index (κ2) is 6.26. The third-order valence-electron chi connectivity index (χ3n) is 4.21. The molecule has 1 saturated heterocycles. The van der Waals surface area contributed by atoms with Crippen LogP contribution >= 0.6 is 11.3 Å². The van der Waals surface area contributed by atoms with Gasteiger partial charge in [0.2, 0.25) is 0 Å². The molecule has 0 radical (unpaired) electrons. The molecule has 1 N–H and O–H groups in total. The average Bonchev–Trinajstić information content (AvgIpc) is 2.91. The SMILES string of the molecule is CC(C)N1CCC(Oc2ccc3cc(C(=O)O)sc3c2)CC1. The lowest BCUT2D eigenvalue weighted by atomic mass is 10.1. The van der Waals surface area contributed by atoms with E-state index in [1.807, 2.05) is 18.2 Å². The molecule has 0 unspecified atom stereocenters. The van der Waals surface area contributed by atoms with Gasteiger partial charge in [-0.1, -0.05) is 0 Å². The summed E-state index contributed by atoms with van der Waals surface area (Å²) in [5.74, 6) is -0.0287. The minimum atomic E-state index is -0.871. The fraction of sp³-hybridized carbons (Fsp3) is 0.471. The number of aromatic carboxylic acids is 1. The molecule has 2 heterocycles. The van der Waals surface area contributed by atoms with Crippen molar-refractivity contribution >= 4 is 27.4 Å². The van der Waals surface area contributed by atoms with Gasteiger partial charge in [-0.3, -0.25) is 0 Å². The quantitative estimate of drug-likeness (QED) is 0.930. The summed E-state index contributed by atoms with van der Waals surface area (Å²) in [6, 6.07) is 8.15. The number of carbonyl (C=O) groups is 1. The van der Waals surface area contributed by atoms with Gasteiger partial charge in [0.15, 0.2) is 0 Å². The Morgan fingerprint density at radius 1 is 1.32 bits per heavy atom. The largest absolute Gasteiger partial charge is 0.490 e. The Kier molecular flexibility index (Phi) is 4.36. The first kappa shape index (κ1) is 15.3. The third kappa shape index (κ3) is 3.25. The molecule has 0 bridgehead atoms. The second-order valence-corrected chi connectivity index (χ2v) is 7.15. The molecule has 22 heavy (non-hydrogen) atoms. The van der Waals surface area contributed by atoms with Crippen molar-refractivity contribution in [2.24, 2.45) is 0 Å². The van der Waals surface area contributed by atoms with Crippen LogP contribution in [0.1, 0.15) is 36.4 Å². The number of piperidine rings is 1. The number of hydrogen-bond acceptors (Lipinski definition) is 4. The van der Waals surface area contributed by atoms with E-state index in [2.05, 4.69) is 18.7 Å². The van der Waals surface area contributed by atoms with Gasteiger partial charge >= 0.3 is 5.97 Å². The zero-order valence-electron chi connectivity index (χ0n) is 12.9. The van der Waals surface area contributed by atoms with Crippen LogP contribution in [0, 0.1) is 0 Å². The first-order valence-electron chi connectivity index (χ1n) is 7.70. The predicted octanol–water partition coefficient (Wildman–Crippen LogP) is 3.85. The van der Waals surface area contributed by atoms with Crippen LogP contribution in [0.2, 0.25) is 0 Å². The monoisotopic (exact) mass is 319 g/mol. The summed E-state index contributed by atoms with van der Waals surface area (Å²) < 4.78 is 7.06. The van der Waals surface area contributed by atoms with Crippen molar-refractivity contribution in [1.82, 2.24) is 4.90 Å². The predicted molar refractivity (Wildman–Crippen MR) is 89.1 cm³/mol. The van der Waals surface area contributed by atoms with Gasteiger partial charge in [-0.25, -0.2) is 4.79 Å². The number of carboxylic acids is 1. The first-order chi connectivity index (χ1) is 10.5. The lowest BCUT2D eigenvalue weighted by molar-refractivity contribution is 0.0702. The Morgan fingerprint density at radius 3 is 2.68 bits per heavy atom. The van der Waals surface area contributed by atoms with E-state index in [0.29, 0.717) is 10.9 Å². The Balaban J connectivity index is 1.68. The van der Waals surface area contributed by atoms with Crippen molar-refractivity contribution in [2.75, 3.05) is 13.1 Å². The van der Waals surface area contributed by atoms with Crippen LogP contribution in [0.3, 0.4) is 0 Å². The molecule has 5 heteroatoms. The molecular formula is C17H21NO3S. The number of fused-ring (bicyclic) bond motifs is 1. The third-order valence-corrected chi connectivity index (χ3v) is 5.30. The number of ether oxygens (including phenoxy) is 1. The van der Waals surface area contributed by atoms with Crippen LogP contribution in [0.4, 0.5) is 0 Å². The number of benzene rings is 1. The Labute approximate surface area is 134 Å². The Morgan fingerprint density at radius 2 is 2.05 bits per heavy atom. The molecule has 1 aromatic heterocycles. The van der Waals surface area contributed by atoms with Gasteiger partial charge in [-0.05, 0) is 56.3 Å². The van der Waals surface area contributed by atoms with E-state index in [9.17, 15) is 4.79 Å². The van der Waals surface area contributed by atoms with Crippen molar-refractivity contribution < 1.29 is 14.6 Å². The molecular weight excluding hydrogens is 298 g/mol. The fourth-order valence-electron chi connectivity index (χ4n) is 2.89. The van der Waals surface area contributed by atoms with Gasteiger partial charge in [0, 0.05) is 23.8 Å². The molecule has 3 rings (SSSR count). The van der Waals surface area contributed by atoms with Crippen molar-refractivity contribution in [3.63, 3.8) is 0 Å². The molecule has 0 amide bonds. The van der Waals surface area contributed by atoms with E-state index in [1.54, 1.807) is 6.07 Å². The molecule has 1 fully saturated rings. The van der Waals surface area contributed by atoms with Gasteiger partial charge < -0.3 is 14.7 Å². The second-order valence-electron chi connectivity index (χ2n) is 6.06. The van der Waals surface area contributed by atoms with Crippen molar-refractivity contribution in [3.8, 4) is 5.75 Å². The molecule has 1 aromatic carbocycles. The minimum absolute atomic E-state index is 0.256. The Hall–Kier alpha value is -1.59. The highest BCUT2D eigenvalue weighted by Crippen LogP contribution is 2.30. The maximum absolute atomic E-state index is 11.0. The number of likely N-dealkylation sites (tertiary alicyclic amines) is 1. The summed E-state index contributed by atoms with van der Waals surface area (Å²) in [5.41, 5.74) is 0. The maximum Gasteiger partial charge on any atom is 0.345 e. The van der Waals surface area contributed by atoms with E-state index >= 15 is 0 Å². The van der Waals surface area contributed by atoms with Crippen molar-refractivity contribution in [1.29, 1.82) is 0 Å². The molecule has 118 valence electrons. The number of carboxylic acid groups (broad SMARTS) is 1. The van der Waals surface area contributed by atoms with E-state index in [0.717, 1.165) is 41.8 Å². The van der Waals surface area contributed by atoms with Gasteiger partial charge in [0.05, 0.1) is 0 Å². The van der Waals surface area contributed by atoms with E-state index in [4.69, 9.17) is 9.84 Å². The normalized spacial score (nSPS) is 17.2. The molecule has 4 nitrogen and oxygen atoms in total. The molecule has 2 aromatic rings. The Bertz CT molecular complexity index is 672. The smallest absolute Gasteiger partial charge is 0.345 e. The molecule has 0 saturated carbocycles. The van der Waals surface area contributed by atoms with Crippen LogP contribution in [0.25, 0.3) is 10.1 Å². The lowest BCUT2D eigenvalue weighted by Gasteiger charge is -2.34. The molecule has 1 aliphatic rings. The zero-order valence-corrected chi connectivity index (χ0v) is 13.7. The van der Waals surface area contributed by atoms with Crippen LogP contribution < -0.4 is 4.74 Å². The fourth-order valence-corrected chi connectivity index (χ4v) is 3.82. The maximum atomic E-state index is 11.0. The number of nitrogens with zero attached hydrogens (tertiary/aromatic N) is 1. The van der Waals surface area contributed by atoms with E-state index in [1.165, 1.54) is 11.3 Å². The molecule has 0 atom stereocenters. The van der Waals surface area contributed by atoms with Gasteiger partial charge in [0.1, 0.15) is 16.7 Å². The van der Waals surface area contributed by atoms with E-state index < -0.39 is 5.97 Å². The standard InChI is InChI=1S/C17H21NO3S/c1-11(2)18-7-5-13(6-8-18)21-14-4-3-12-9-16(17(19)20)22-15(12)10-14/h3-4,9-11,13H,5-8H2,1-2H3,(H,19,20). The molecule has 1 aliphatic heterocycles. The summed E-state index contributed by atoms with van der Waals surface area (Å²) in [7, 11) is 0. The molecule has 0 aliphatic carbocycles. The zero-order chi connectivity index (χ0) is 15.7. The van der Waals surface area contributed by atoms with E-state index in [-0.39, 0.29) is 6.10 Å². The summed E-state index contributed by atoms with van der Waals surface area (Å²) in [4.78, 5) is 13.9. The average molecular weight is 319 g/mol. The summed E-state index contributed by atoms with van der Waals surface area (Å²) >= 11 is 1.30. The highest BCUT2D eigenvalue weighted by Gasteiger charge is 2.22. The lowest BCUT2D eigenvalue weighted by Crippen LogP contribution is -2.41. The van der Waals surface area contributed by atoms with Crippen LogP contribution in [-0.2, 0) is 0 Å². The minimum Gasteiger partial charge on any atom is -0.490 e. The topological polar surface area (TPSA) is 49.8 Å². The number of hydrogen-bond donors (Lipinski definition) is 1. The first-order valence-corrected chi connectivity index (χ1v) is 8.52.